The van der Waals surface area contributed by atoms with Gasteiger partial charge in [0.25, 0.3) is 11.6 Å². The molecule has 0 aliphatic carbocycles. The second-order valence-electron chi connectivity index (χ2n) is 5.70. The maximum Gasteiger partial charge on any atom is 0.283 e. The van der Waals surface area contributed by atoms with Gasteiger partial charge in [0.05, 0.1) is 14.7 Å². The van der Waals surface area contributed by atoms with Crippen molar-refractivity contribution in [1.29, 1.82) is 0 Å². The molecule has 0 N–H and O–H groups in total. The number of carbonyl (C=O) groups is 1. The van der Waals surface area contributed by atoms with Crippen molar-refractivity contribution in [3.8, 4) is 0 Å². The van der Waals surface area contributed by atoms with E-state index in [9.17, 15) is 14.9 Å². The monoisotopic (exact) mass is 348 g/mol. The third-order valence-electron chi connectivity index (χ3n) is 3.50. The van der Waals surface area contributed by atoms with Crippen LogP contribution in [0.4, 0.5) is 5.69 Å². The van der Waals surface area contributed by atoms with Gasteiger partial charge >= 0.3 is 0 Å². The van der Waals surface area contributed by atoms with Crippen molar-refractivity contribution in [2.75, 3.05) is 27.2 Å². The minimum Gasteiger partial charge on any atom is -0.332 e. The summed E-state index contributed by atoms with van der Waals surface area (Å²) in [5.41, 5.74) is 0.921. The van der Waals surface area contributed by atoms with Crippen LogP contribution >= 0.6 is 11.3 Å². The molecule has 0 atom stereocenters. The van der Waals surface area contributed by atoms with E-state index in [1.165, 1.54) is 6.07 Å². The minimum absolute atomic E-state index is 0.00251. The Hall–Kier alpha value is -2.32. The van der Waals surface area contributed by atoms with E-state index >= 15 is 0 Å². The lowest BCUT2D eigenvalue weighted by Crippen LogP contribution is -2.35. The SMILES string of the molecule is Cc1sc(C(=O)N(CCN(C)C)Cc2cccnc2)cc1[N+](=O)[O-]. The molecule has 2 heterocycles. The molecule has 24 heavy (non-hydrogen) atoms. The number of nitro groups is 1. The van der Waals surface area contributed by atoms with Gasteiger partial charge in [0.2, 0.25) is 0 Å². The molecule has 7 nitrogen and oxygen atoms in total. The third kappa shape index (κ3) is 4.59. The smallest absolute Gasteiger partial charge is 0.283 e. The number of aryl methyl sites for hydroxylation is 1. The summed E-state index contributed by atoms with van der Waals surface area (Å²) in [5, 5.41) is 11.0. The Morgan fingerprint density at radius 1 is 1.38 bits per heavy atom. The highest BCUT2D eigenvalue weighted by atomic mass is 32.1. The zero-order valence-electron chi connectivity index (χ0n) is 13.9. The van der Waals surface area contributed by atoms with Crippen LogP contribution in [0, 0.1) is 17.0 Å². The molecule has 2 aromatic heterocycles. The Bertz CT molecular complexity index is 715. The largest absolute Gasteiger partial charge is 0.332 e. The van der Waals surface area contributed by atoms with Crippen LogP contribution in [0.2, 0.25) is 0 Å². The molecule has 2 rings (SSSR count). The Morgan fingerprint density at radius 3 is 2.67 bits per heavy atom. The van der Waals surface area contributed by atoms with Gasteiger partial charge in [0, 0.05) is 38.1 Å². The van der Waals surface area contributed by atoms with Gasteiger partial charge in [-0.1, -0.05) is 6.07 Å². The molecule has 0 aliphatic rings. The maximum atomic E-state index is 12.8. The highest BCUT2D eigenvalue weighted by Gasteiger charge is 2.23. The van der Waals surface area contributed by atoms with Gasteiger partial charge in [-0.3, -0.25) is 19.9 Å². The highest BCUT2D eigenvalue weighted by molar-refractivity contribution is 7.14. The number of rotatable bonds is 7. The summed E-state index contributed by atoms with van der Waals surface area (Å²) in [7, 11) is 3.87. The maximum absolute atomic E-state index is 12.8. The summed E-state index contributed by atoms with van der Waals surface area (Å²) >= 11 is 1.16. The van der Waals surface area contributed by atoms with Crippen molar-refractivity contribution in [3.05, 3.63) is 56.0 Å². The van der Waals surface area contributed by atoms with E-state index in [0.29, 0.717) is 29.4 Å². The van der Waals surface area contributed by atoms with Gasteiger partial charge < -0.3 is 9.80 Å². The van der Waals surface area contributed by atoms with Crippen LogP contribution in [0.3, 0.4) is 0 Å². The summed E-state index contributed by atoms with van der Waals surface area (Å²) in [6, 6.07) is 5.10. The fraction of sp³-hybridized carbons (Fsp3) is 0.375. The first-order valence-corrected chi connectivity index (χ1v) is 8.28. The summed E-state index contributed by atoms with van der Waals surface area (Å²) in [6.07, 6.45) is 3.40. The standard InChI is InChI=1S/C16H20N4O3S/c1-12-14(20(22)23)9-15(24-12)16(21)19(8-7-18(2)3)11-13-5-4-6-17-10-13/h4-6,9-10H,7-8,11H2,1-3H3. The van der Waals surface area contributed by atoms with Crippen molar-refractivity contribution in [1.82, 2.24) is 14.8 Å². The van der Waals surface area contributed by atoms with E-state index in [1.54, 1.807) is 24.2 Å². The van der Waals surface area contributed by atoms with E-state index in [4.69, 9.17) is 0 Å². The summed E-state index contributed by atoms with van der Waals surface area (Å²) < 4.78 is 0. The molecule has 1 amide bonds. The lowest BCUT2D eigenvalue weighted by atomic mass is 10.2. The molecule has 8 heteroatoms. The molecule has 0 saturated carbocycles. The van der Waals surface area contributed by atoms with E-state index in [2.05, 4.69) is 4.98 Å². The van der Waals surface area contributed by atoms with Crippen molar-refractivity contribution < 1.29 is 9.72 Å². The zero-order chi connectivity index (χ0) is 17.7. The number of carbonyl (C=O) groups excluding carboxylic acids is 1. The molecule has 0 fully saturated rings. The summed E-state index contributed by atoms with van der Waals surface area (Å²) in [5.74, 6) is -0.193. The van der Waals surface area contributed by atoms with Crippen LogP contribution in [-0.4, -0.2) is 52.8 Å². The summed E-state index contributed by atoms with van der Waals surface area (Å²) in [6.45, 7) is 3.32. The quantitative estimate of drug-likeness (QED) is 0.567. The molecule has 0 radical (unpaired) electrons. The normalized spacial score (nSPS) is 10.8. The van der Waals surface area contributed by atoms with Gasteiger partial charge in [0.15, 0.2) is 0 Å². The summed E-state index contributed by atoms with van der Waals surface area (Å²) in [4.78, 5) is 32.1. The van der Waals surface area contributed by atoms with Crippen LogP contribution in [-0.2, 0) is 6.54 Å². The molecular formula is C16H20N4O3S. The number of amides is 1. The van der Waals surface area contributed by atoms with Crippen molar-refractivity contribution in [3.63, 3.8) is 0 Å². The van der Waals surface area contributed by atoms with Gasteiger partial charge in [-0.2, -0.15) is 0 Å². The van der Waals surface area contributed by atoms with Crippen molar-refractivity contribution in [2.45, 2.75) is 13.5 Å². The fourth-order valence-corrected chi connectivity index (χ4v) is 3.15. The van der Waals surface area contributed by atoms with Crippen LogP contribution in [0.1, 0.15) is 20.1 Å². The molecular weight excluding hydrogens is 328 g/mol. The Labute approximate surface area is 144 Å². The average molecular weight is 348 g/mol. The average Bonchev–Trinajstić information content (AvgIpc) is 2.93. The first kappa shape index (κ1) is 18.0. The lowest BCUT2D eigenvalue weighted by Gasteiger charge is -2.24. The van der Waals surface area contributed by atoms with Crippen LogP contribution in [0.25, 0.3) is 0 Å². The first-order valence-electron chi connectivity index (χ1n) is 7.46. The van der Waals surface area contributed by atoms with Crippen LogP contribution in [0.15, 0.2) is 30.6 Å². The number of pyridine rings is 1. The topological polar surface area (TPSA) is 79.6 Å². The molecule has 0 bridgehead atoms. The number of likely N-dealkylation sites (N-methyl/N-ethyl adjacent to an activating group) is 1. The molecule has 2 aromatic rings. The predicted octanol–water partition coefficient (Wildman–Crippen LogP) is 2.56. The van der Waals surface area contributed by atoms with E-state index in [0.717, 1.165) is 16.9 Å². The Balaban J connectivity index is 2.23. The second-order valence-corrected chi connectivity index (χ2v) is 6.96. The number of aromatic nitrogens is 1. The molecule has 128 valence electrons. The second kappa shape index (κ2) is 7.98. The van der Waals surface area contributed by atoms with Crippen molar-refractivity contribution in [2.24, 2.45) is 0 Å². The predicted molar refractivity (Wildman–Crippen MR) is 93.2 cm³/mol. The van der Waals surface area contributed by atoms with Crippen LogP contribution in [0.5, 0.6) is 0 Å². The van der Waals surface area contributed by atoms with Crippen LogP contribution < -0.4 is 0 Å². The highest BCUT2D eigenvalue weighted by Crippen LogP contribution is 2.29. The van der Waals surface area contributed by atoms with E-state index in [1.807, 2.05) is 31.1 Å². The number of thiophene rings is 1. The van der Waals surface area contributed by atoms with E-state index < -0.39 is 4.92 Å². The lowest BCUT2D eigenvalue weighted by molar-refractivity contribution is -0.385. The first-order chi connectivity index (χ1) is 11.4. The van der Waals surface area contributed by atoms with Gasteiger partial charge in [-0.05, 0) is 32.6 Å². The van der Waals surface area contributed by atoms with Crippen molar-refractivity contribution >= 4 is 22.9 Å². The molecule has 0 saturated heterocycles. The molecule has 0 unspecified atom stereocenters. The van der Waals surface area contributed by atoms with Gasteiger partial charge in [-0.15, -0.1) is 11.3 Å². The number of nitrogens with zero attached hydrogens (tertiary/aromatic N) is 4. The molecule has 0 aliphatic heterocycles. The fourth-order valence-electron chi connectivity index (χ4n) is 2.20. The van der Waals surface area contributed by atoms with Gasteiger partial charge in [-0.25, -0.2) is 0 Å². The van der Waals surface area contributed by atoms with Gasteiger partial charge in [0.1, 0.15) is 0 Å². The minimum atomic E-state index is -0.451. The Kier molecular flexibility index (Phi) is 5.99. The number of hydrogen-bond acceptors (Lipinski definition) is 6. The third-order valence-corrected chi connectivity index (χ3v) is 4.53. The van der Waals surface area contributed by atoms with E-state index in [-0.39, 0.29) is 11.6 Å². The molecule has 0 spiro atoms. The Morgan fingerprint density at radius 2 is 2.12 bits per heavy atom. The zero-order valence-corrected chi connectivity index (χ0v) is 14.7. The molecule has 0 aromatic carbocycles. The number of hydrogen-bond donors (Lipinski definition) is 0.